The van der Waals surface area contributed by atoms with Crippen LogP contribution in [-0.2, 0) is 28.8 Å². The molecular weight excluding hydrogens is 388 g/mol. The molecule has 5 unspecified atom stereocenters. The molecule has 5 fully saturated rings. The number of carbonyl (C=O) groups excluding carboxylic acids is 2. The van der Waals surface area contributed by atoms with E-state index < -0.39 is 17.7 Å². The molecule has 5 heterocycles. The van der Waals surface area contributed by atoms with Gasteiger partial charge in [-0.25, -0.2) is 9.78 Å². The van der Waals surface area contributed by atoms with E-state index in [4.69, 9.17) is 19.2 Å². The van der Waals surface area contributed by atoms with Gasteiger partial charge in [0, 0.05) is 39.0 Å². The molecule has 30 heavy (non-hydrogen) atoms. The number of fused-ring (bicyclic) bond motifs is 3. The number of ether oxygens (including phenoxy) is 2. The Morgan fingerprint density at radius 2 is 1.87 bits per heavy atom. The molecular formula is C22H34N2O6. The van der Waals surface area contributed by atoms with Crippen molar-refractivity contribution in [1.82, 2.24) is 9.80 Å². The molecule has 5 rings (SSSR count). The first-order chi connectivity index (χ1) is 14.3. The molecule has 2 bridgehead atoms. The van der Waals surface area contributed by atoms with Gasteiger partial charge in [0.1, 0.15) is 5.78 Å². The molecule has 8 nitrogen and oxygen atoms in total. The van der Waals surface area contributed by atoms with Crippen LogP contribution in [0.3, 0.4) is 0 Å². The van der Waals surface area contributed by atoms with Gasteiger partial charge >= 0.3 is 0 Å². The Bertz CT molecular complexity index is 691. The molecule has 0 aliphatic carbocycles. The van der Waals surface area contributed by atoms with E-state index in [-0.39, 0.29) is 23.7 Å². The van der Waals surface area contributed by atoms with Crippen molar-refractivity contribution in [1.29, 1.82) is 0 Å². The summed E-state index contributed by atoms with van der Waals surface area (Å²) in [5.41, 5.74) is -0.576. The van der Waals surface area contributed by atoms with Gasteiger partial charge in [0.2, 0.25) is 11.7 Å². The number of carbonyl (C=O) groups is 2. The zero-order valence-corrected chi connectivity index (χ0v) is 18.3. The average molecular weight is 423 g/mol. The van der Waals surface area contributed by atoms with E-state index in [1.54, 1.807) is 6.92 Å². The van der Waals surface area contributed by atoms with Crippen molar-refractivity contribution in [2.75, 3.05) is 26.2 Å². The number of hydrogen-bond donors (Lipinski definition) is 0. The van der Waals surface area contributed by atoms with Crippen LogP contribution in [0.5, 0.6) is 0 Å². The Morgan fingerprint density at radius 1 is 1.10 bits per heavy atom. The smallest absolute Gasteiger partial charge is 0.225 e. The molecule has 5 aliphatic rings. The molecule has 5 atom stereocenters. The molecule has 0 N–H and O–H groups in total. The summed E-state index contributed by atoms with van der Waals surface area (Å²) in [7, 11) is 0. The van der Waals surface area contributed by atoms with Crippen molar-refractivity contribution in [3.8, 4) is 0 Å². The minimum Gasteiger partial charge on any atom is -0.374 e. The van der Waals surface area contributed by atoms with Gasteiger partial charge < -0.3 is 19.3 Å². The number of nitrogens with zero attached hydrogens (tertiary/aromatic N) is 2. The summed E-state index contributed by atoms with van der Waals surface area (Å²) in [6, 6.07) is 0. The van der Waals surface area contributed by atoms with Crippen LogP contribution in [0.4, 0.5) is 0 Å². The van der Waals surface area contributed by atoms with Gasteiger partial charge in [-0.2, -0.15) is 0 Å². The molecule has 0 radical (unpaired) electrons. The fourth-order valence-corrected chi connectivity index (χ4v) is 4.83. The maximum Gasteiger partial charge on any atom is 0.225 e. The predicted octanol–water partition coefficient (Wildman–Crippen LogP) is 2.38. The van der Waals surface area contributed by atoms with Crippen molar-refractivity contribution >= 4 is 11.7 Å². The summed E-state index contributed by atoms with van der Waals surface area (Å²) in [6.07, 6.45) is 7.26. The Labute approximate surface area is 178 Å². The van der Waals surface area contributed by atoms with Crippen molar-refractivity contribution in [3.05, 3.63) is 12.3 Å². The largest absolute Gasteiger partial charge is 0.374 e. The summed E-state index contributed by atoms with van der Waals surface area (Å²) < 4.78 is 12.4. The van der Waals surface area contributed by atoms with Gasteiger partial charge in [0.15, 0.2) is 11.9 Å². The zero-order chi connectivity index (χ0) is 21.4. The lowest BCUT2D eigenvalue weighted by Gasteiger charge is -2.51. The minimum atomic E-state index is -0.781. The molecule has 168 valence electrons. The summed E-state index contributed by atoms with van der Waals surface area (Å²) in [5, 5.41) is 0. The SMILES string of the molecule is CC(=O)C/C=C/N1CCN(C(=O)CC2CCC34OOC(C)(CCC3C)OC4O2)CC1. The summed E-state index contributed by atoms with van der Waals surface area (Å²) in [4.78, 5) is 39.4. The summed E-state index contributed by atoms with van der Waals surface area (Å²) in [5.74, 6) is -0.233. The van der Waals surface area contributed by atoms with E-state index in [2.05, 4.69) is 11.8 Å². The Kier molecular flexibility index (Phi) is 6.21. The molecule has 0 aromatic rings. The van der Waals surface area contributed by atoms with Crippen LogP contribution in [0.15, 0.2) is 12.3 Å². The topological polar surface area (TPSA) is 77.5 Å². The predicted molar refractivity (Wildman–Crippen MR) is 108 cm³/mol. The van der Waals surface area contributed by atoms with Gasteiger partial charge in [-0.3, -0.25) is 9.59 Å². The van der Waals surface area contributed by atoms with Crippen LogP contribution in [0.2, 0.25) is 0 Å². The minimum absolute atomic E-state index is 0.124. The molecule has 0 aromatic heterocycles. The van der Waals surface area contributed by atoms with E-state index in [1.807, 2.05) is 24.1 Å². The molecule has 8 heteroatoms. The maximum absolute atomic E-state index is 12.9. The lowest BCUT2D eigenvalue weighted by molar-refractivity contribution is -0.555. The average Bonchev–Trinajstić information content (AvgIpc) is 2.90. The van der Waals surface area contributed by atoms with Gasteiger partial charge in [-0.05, 0) is 45.2 Å². The standard InChI is InChI=1S/C22H34N2O6/c1-16-6-8-21(3)28-20-22(16,30-29-21)9-7-18(27-20)15-19(26)24-13-11-23(12-14-24)10-4-5-17(2)25/h4,10,16,18,20H,5-9,11-15H2,1-3H3/b10-4+. The van der Waals surface area contributed by atoms with Crippen molar-refractivity contribution < 1.29 is 28.8 Å². The number of amides is 1. The van der Waals surface area contributed by atoms with Crippen molar-refractivity contribution in [2.45, 2.75) is 83.1 Å². The number of hydrogen-bond acceptors (Lipinski definition) is 7. The second-order valence-corrected chi connectivity index (χ2v) is 9.35. The van der Waals surface area contributed by atoms with Gasteiger partial charge in [0.25, 0.3) is 0 Å². The number of piperazine rings is 1. The third-order valence-electron chi connectivity index (χ3n) is 6.96. The molecule has 0 aromatic carbocycles. The van der Waals surface area contributed by atoms with Gasteiger partial charge in [-0.1, -0.05) is 13.0 Å². The second-order valence-electron chi connectivity index (χ2n) is 9.35. The van der Waals surface area contributed by atoms with Gasteiger partial charge in [0.05, 0.1) is 12.5 Å². The molecule has 1 amide bonds. The van der Waals surface area contributed by atoms with Crippen LogP contribution < -0.4 is 0 Å². The Hall–Kier alpha value is -1.48. The van der Waals surface area contributed by atoms with Crippen LogP contribution >= 0.6 is 0 Å². The maximum atomic E-state index is 12.9. The first-order valence-corrected chi connectivity index (χ1v) is 11.2. The second kappa shape index (κ2) is 8.57. The van der Waals surface area contributed by atoms with E-state index >= 15 is 0 Å². The fourth-order valence-electron chi connectivity index (χ4n) is 4.83. The highest BCUT2D eigenvalue weighted by atomic mass is 17.3. The number of rotatable bonds is 5. The van der Waals surface area contributed by atoms with E-state index in [1.165, 1.54) is 0 Å². The highest BCUT2D eigenvalue weighted by Gasteiger charge is 2.60. The van der Waals surface area contributed by atoms with Crippen molar-refractivity contribution in [3.63, 3.8) is 0 Å². The third-order valence-corrected chi connectivity index (χ3v) is 6.96. The van der Waals surface area contributed by atoms with Crippen LogP contribution in [0.1, 0.15) is 59.3 Å². The van der Waals surface area contributed by atoms with E-state index in [0.717, 1.165) is 38.8 Å². The lowest BCUT2D eigenvalue weighted by atomic mass is 9.79. The van der Waals surface area contributed by atoms with Crippen LogP contribution in [0.25, 0.3) is 0 Å². The lowest BCUT2D eigenvalue weighted by Crippen LogP contribution is -2.62. The number of allylic oxidation sites excluding steroid dienone is 1. The highest BCUT2D eigenvalue weighted by Crippen LogP contribution is 2.50. The van der Waals surface area contributed by atoms with Crippen LogP contribution in [-0.4, -0.2) is 71.5 Å². The molecule has 0 saturated carbocycles. The molecule has 5 aliphatic heterocycles. The first-order valence-electron chi connectivity index (χ1n) is 11.2. The summed E-state index contributed by atoms with van der Waals surface area (Å²) >= 11 is 0. The van der Waals surface area contributed by atoms with E-state index in [0.29, 0.717) is 25.9 Å². The Balaban J connectivity index is 1.28. The van der Waals surface area contributed by atoms with Gasteiger partial charge in [-0.15, -0.1) is 0 Å². The first kappa shape index (κ1) is 21.7. The number of Topliss-reactive ketones (excluding diaryl/α,β-unsaturated/α-hetero) is 1. The zero-order valence-electron chi connectivity index (χ0n) is 18.3. The normalized spacial score (nSPS) is 39.1. The fraction of sp³-hybridized carbons (Fsp3) is 0.818. The van der Waals surface area contributed by atoms with E-state index in [9.17, 15) is 9.59 Å². The summed E-state index contributed by atoms with van der Waals surface area (Å²) in [6.45, 7) is 8.57. The molecule has 5 saturated heterocycles. The monoisotopic (exact) mass is 422 g/mol. The molecule has 1 spiro atoms. The number of ketones is 1. The quantitative estimate of drug-likeness (QED) is 0.630. The highest BCUT2D eigenvalue weighted by molar-refractivity contribution is 5.77. The van der Waals surface area contributed by atoms with Crippen LogP contribution in [0, 0.1) is 5.92 Å². The third kappa shape index (κ3) is 4.42. The Morgan fingerprint density at radius 3 is 2.60 bits per heavy atom. The van der Waals surface area contributed by atoms with Crippen molar-refractivity contribution in [2.24, 2.45) is 5.92 Å².